The van der Waals surface area contributed by atoms with Gasteiger partial charge in [-0.2, -0.15) is 0 Å². The van der Waals surface area contributed by atoms with Crippen molar-refractivity contribution in [1.82, 2.24) is 4.90 Å². The van der Waals surface area contributed by atoms with Gasteiger partial charge >= 0.3 is 0 Å². The van der Waals surface area contributed by atoms with Crippen LogP contribution in [0.25, 0.3) is 0 Å². The van der Waals surface area contributed by atoms with Crippen molar-refractivity contribution >= 4 is 5.91 Å². The minimum atomic E-state index is 0.232. The van der Waals surface area contributed by atoms with Gasteiger partial charge in [-0.05, 0) is 31.6 Å². The lowest BCUT2D eigenvalue weighted by Gasteiger charge is -2.34. The van der Waals surface area contributed by atoms with Crippen LogP contribution < -0.4 is 5.73 Å². The van der Waals surface area contributed by atoms with E-state index in [1.54, 1.807) is 7.11 Å². The van der Waals surface area contributed by atoms with Crippen LogP contribution in [0.1, 0.15) is 39.0 Å². The van der Waals surface area contributed by atoms with Crippen molar-refractivity contribution in [3.63, 3.8) is 0 Å². The van der Waals surface area contributed by atoms with Crippen molar-refractivity contribution in [2.75, 3.05) is 20.8 Å². The fourth-order valence-corrected chi connectivity index (χ4v) is 2.48. The molecule has 1 aliphatic rings. The monoisotopic (exact) mass is 242 g/mol. The third kappa shape index (κ3) is 4.64. The first-order valence-electron chi connectivity index (χ1n) is 6.54. The van der Waals surface area contributed by atoms with Gasteiger partial charge in [0.2, 0.25) is 5.91 Å². The first kappa shape index (κ1) is 14.5. The largest absolute Gasteiger partial charge is 0.384 e. The van der Waals surface area contributed by atoms with E-state index in [4.69, 9.17) is 10.5 Å². The highest BCUT2D eigenvalue weighted by molar-refractivity contribution is 5.76. The molecule has 1 unspecified atom stereocenters. The summed E-state index contributed by atoms with van der Waals surface area (Å²) in [5.74, 6) is 0.524. The summed E-state index contributed by atoms with van der Waals surface area (Å²) in [4.78, 5) is 14.0. The summed E-state index contributed by atoms with van der Waals surface area (Å²) < 4.78 is 5.06. The van der Waals surface area contributed by atoms with E-state index in [1.165, 1.54) is 0 Å². The Kier molecular flexibility index (Phi) is 5.92. The van der Waals surface area contributed by atoms with Crippen molar-refractivity contribution in [2.45, 2.75) is 51.1 Å². The predicted molar refractivity (Wildman–Crippen MR) is 68.7 cm³/mol. The van der Waals surface area contributed by atoms with Crippen molar-refractivity contribution in [2.24, 2.45) is 11.7 Å². The Bertz CT molecular complexity index is 238. The van der Waals surface area contributed by atoms with Crippen LogP contribution in [-0.2, 0) is 9.53 Å². The van der Waals surface area contributed by atoms with Crippen LogP contribution >= 0.6 is 0 Å². The van der Waals surface area contributed by atoms with E-state index in [1.807, 2.05) is 18.9 Å². The van der Waals surface area contributed by atoms with Crippen molar-refractivity contribution < 1.29 is 9.53 Å². The van der Waals surface area contributed by atoms with Crippen LogP contribution in [0.15, 0.2) is 0 Å². The molecule has 100 valence electrons. The highest BCUT2D eigenvalue weighted by Gasteiger charge is 2.25. The summed E-state index contributed by atoms with van der Waals surface area (Å²) in [6.45, 7) is 2.70. The molecule has 0 radical (unpaired) electrons. The number of rotatable bonds is 5. The topological polar surface area (TPSA) is 55.6 Å². The quantitative estimate of drug-likeness (QED) is 0.792. The minimum absolute atomic E-state index is 0.232. The van der Waals surface area contributed by atoms with E-state index < -0.39 is 0 Å². The van der Waals surface area contributed by atoms with Crippen molar-refractivity contribution in [1.29, 1.82) is 0 Å². The standard InChI is InChI=1S/C13H26N2O2/c1-10(9-17-3)8-13(16)15(2)12-6-4-11(14)5-7-12/h10-12H,4-9,14H2,1-3H3. The van der Waals surface area contributed by atoms with Gasteiger partial charge in [0.05, 0.1) is 0 Å². The molecule has 4 heteroatoms. The average Bonchev–Trinajstić information content (AvgIpc) is 2.29. The van der Waals surface area contributed by atoms with Crippen molar-refractivity contribution in [3.8, 4) is 0 Å². The van der Waals surface area contributed by atoms with Crippen LogP contribution in [0.4, 0.5) is 0 Å². The number of hydrogen-bond acceptors (Lipinski definition) is 3. The maximum absolute atomic E-state index is 12.0. The molecule has 0 bridgehead atoms. The summed E-state index contributed by atoms with van der Waals surface area (Å²) in [6, 6.07) is 0.721. The minimum Gasteiger partial charge on any atom is -0.384 e. The zero-order valence-electron chi connectivity index (χ0n) is 11.3. The highest BCUT2D eigenvalue weighted by Crippen LogP contribution is 2.22. The summed E-state index contributed by atoms with van der Waals surface area (Å²) in [6.07, 6.45) is 4.74. The molecule has 0 saturated heterocycles. The van der Waals surface area contributed by atoms with Gasteiger partial charge in [-0.1, -0.05) is 6.92 Å². The van der Waals surface area contributed by atoms with Crippen LogP contribution in [0, 0.1) is 5.92 Å². The molecule has 0 aromatic rings. The fourth-order valence-electron chi connectivity index (χ4n) is 2.48. The number of amides is 1. The second-order valence-corrected chi connectivity index (χ2v) is 5.34. The maximum Gasteiger partial charge on any atom is 0.222 e. The second-order valence-electron chi connectivity index (χ2n) is 5.34. The smallest absolute Gasteiger partial charge is 0.222 e. The van der Waals surface area contributed by atoms with E-state index in [9.17, 15) is 4.79 Å². The third-order valence-electron chi connectivity index (χ3n) is 3.66. The zero-order chi connectivity index (χ0) is 12.8. The Morgan fingerprint density at radius 2 is 2.00 bits per heavy atom. The van der Waals surface area contributed by atoms with Crippen LogP contribution in [0.3, 0.4) is 0 Å². The zero-order valence-corrected chi connectivity index (χ0v) is 11.3. The summed E-state index contributed by atoms with van der Waals surface area (Å²) in [5, 5.41) is 0. The molecule has 0 aliphatic heterocycles. The Labute approximate surface area is 104 Å². The molecule has 0 heterocycles. The molecule has 1 aliphatic carbocycles. The van der Waals surface area contributed by atoms with Gasteiger partial charge in [0, 0.05) is 39.3 Å². The van der Waals surface area contributed by atoms with E-state index >= 15 is 0 Å². The van der Waals surface area contributed by atoms with E-state index in [0.29, 0.717) is 31.0 Å². The normalized spacial score (nSPS) is 26.6. The second kappa shape index (κ2) is 6.97. The van der Waals surface area contributed by atoms with Gasteiger partial charge in [0.1, 0.15) is 0 Å². The molecule has 0 aromatic heterocycles. The van der Waals surface area contributed by atoms with E-state index in [0.717, 1.165) is 25.7 Å². The Balaban J connectivity index is 2.35. The summed E-state index contributed by atoms with van der Waals surface area (Å²) in [7, 11) is 3.59. The first-order chi connectivity index (χ1) is 8.04. The summed E-state index contributed by atoms with van der Waals surface area (Å²) in [5.41, 5.74) is 5.87. The number of nitrogens with zero attached hydrogens (tertiary/aromatic N) is 1. The molecule has 1 fully saturated rings. The Hall–Kier alpha value is -0.610. The highest BCUT2D eigenvalue weighted by atomic mass is 16.5. The lowest BCUT2D eigenvalue weighted by Crippen LogP contribution is -2.42. The molecule has 1 amide bonds. The molecule has 2 N–H and O–H groups in total. The molecular formula is C13H26N2O2. The lowest BCUT2D eigenvalue weighted by molar-refractivity contribution is -0.133. The first-order valence-corrected chi connectivity index (χ1v) is 6.54. The maximum atomic E-state index is 12.0. The molecular weight excluding hydrogens is 216 g/mol. The van der Waals surface area contributed by atoms with Gasteiger partial charge in [-0.15, -0.1) is 0 Å². The van der Waals surface area contributed by atoms with Gasteiger partial charge < -0.3 is 15.4 Å². The molecule has 0 aromatic carbocycles. The molecule has 1 saturated carbocycles. The average molecular weight is 242 g/mol. The van der Waals surface area contributed by atoms with Crippen LogP contribution in [0.2, 0.25) is 0 Å². The van der Waals surface area contributed by atoms with E-state index in [2.05, 4.69) is 0 Å². The molecule has 1 atom stereocenters. The summed E-state index contributed by atoms with van der Waals surface area (Å²) >= 11 is 0. The SMILES string of the molecule is COCC(C)CC(=O)N(C)C1CCC(N)CC1. The van der Waals surface area contributed by atoms with E-state index in [-0.39, 0.29) is 5.91 Å². The van der Waals surface area contributed by atoms with Crippen LogP contribution in [0.5, 0.6) is 0 Å². The number of nitrogens with two attached hydrogens (primary N) is 1. The third-order valence-corrected chi connectivity index (χ3v) is 3.66. The molecule has 4 nitrogen and oxygen atoms in total. The van der Waals surface area contributed by atoms with Gasteiger partial charge in [-0.25, -0.2) is 0 Å². The van der Waals surface area contributed by atoms with Gasteiger partial charge in [0.15, 0.2) is 0 Å². The number of ether oxygens (including phenoxy) is 1. The fraction of sp³-hybridized carbons (Fsp3) is 0.923. The Morgan fingerprint density at radius 1 is 1.41 bits per heavy atom. The van der Waals surface area contributed by atoms with Crippen molar-refractivity contribution in [3.05, 3.63) is 0 Å². The molecule has 17 heavy (non-hydrogen) atoms. The Morgan fingerprint density at radius 3 is 2.53 bits per heavy atom. The molecule has 1 rings (SSSR count). The number of methoxy groups -OCH3 is 1. The number of carbonyl (C=O) groups excluding carboxylic acids is 1. The number of hydrogen-bond donors (Lipinski definition) is 1. The molecule has 0 spiro atoms. The van der Waals surface area contributed by atoms with Gasteiger partial charge in [0.25, 0.3) is 0 Å². The van der Waals surface area contributed by atoms with Gasteiger partial charge in [-0.3, -0.25) is 4.79 Å². The number of carbonyl (C=O) groups is 1. The predicted octanol–water partition coefficient (Wildman–Crippen LogP) is 1.39. The van der Waals surface area contributed by atoms with Crippen LogP contribution in [-0.4, -0.2) is 43.7 Å². The lowest BCUT2D eigenvalue weighted by atomic mass is 9.90.